The van der Waals surface area contributed by atoms with E-state index in [0.29, 0.717) is 19.3 Å². The highest BCUT2D eigenvalue weighted by molar-refractivity contribution is 5.71. The fraction of sp³-hybridized carbons (Fsp3) is 0.824. The Labute approximate surface area is 353 Å². The van der Waals surface area contributed by atoms with Crippen molar-refractivity contribution < 1.29 is 28.6 Å². The topological polar surface area (TPSA) is 78.9 Å². The third kappa shape index (κ3) is 44.6. The van der Waals surface area contributed by atoms with E-state index in [4.69, 9.17) is 14.2 Å². The monoisotopic (exact) mass is 801 g/mol. The number of unbranched alkanes of at least 4 members (excludes halogenated alkanes) is 27. The van der Waals surface area contributed by atoms with E-state index >= 15 is 0 Å². The second-order valence-corrected chi connectivity index (χ2v) is 16.4. The molecule has 0 saturated carbocycles. The van der Waals surface area contributed by atoms with Crippen molar-refractivity contribution in [3.63, 3.8) is 0 Å². The molecule has 0 aliphatic rings. The van der Waals surface area contributed by atoms with Crippen molar-refractivity contribution in [2.24, 2.45) is 0 Å². The molecule has 6 nitrogen and oxygen atoms in total. The molecule has 0 bridgehead atoms. The van der Waals surface area contributed by atoms with E-state index in [0.717, 1.165) is 89.9 Å². The van der Waals surface area contributed by atoms with Crippen LogP contribution in [0.25, 0.3) is 0 Å². The Balaban J connectivity index is 4.24. The zero-order chi connectivity index (χ0) is 41.5. The first-order valence-electron chi connectivity index (χ1n) is 24.5. The molecule has 0 amide bonds. The molecular weight excluding hydrogens is 709 g/mol. The third-order valence-electron chi connectivity index (χ3n) is 10.6. The first-order valence-corrected chi connectivity index (χ1v) is 24.5. The van der Waals surface area contributed by atoms with Gasteiger partial charge in [-0.05, 0) is 70.6 Å². The van der Waals surface area contributed by atoms with Crippen LogP contribution in [-0.2, 0) is 28.6 Å². The highest BCUT2D eigenvalue weighted by Crippen LogP contribution is 2.14. The highest BCUT2D eigenvalue weighted by atomic mass is 16.6. The molecule has 0 spiro atoms. The number of carbonyl (C=O) groups is 3. The summed E-state index contributed by atoms with van der Waals surface area (Å²) in [5.74, 6) is -0.895. The van der Waals surface area contributed by atoms with Crippen molar-refractivity contribution in [1.82, 2.24) is 0 Å². The van der Waals surface area contributed by atoms with Gasteiger partial charge in [0.15, 0.2) is 6.10 Å². The predicted molar refractivity (Wildman–Crippen MR) is 242 cm³/mol. The van der Waals surface area contributed by atoms with Crippen LogP contribution in [0.4, 0.5) is 0 Å². The van der Waals surface area contributed by atoms with E-state index in [1.165, 1.54) is 122 Å². The molecule has 0 aliphatic carbocycles. The lowest BCUT2D eigenvalue weighted by Crippen LogP contribution is -2.30. The molecule has 0 rings (SSSR count). The zero-order valence-electron chi connectivity index (χ0n) is 37.9. The Bertz CT molecular complexity index is 969. The molecular formula is C51H92O6. The van der Waals surface area contributed by atoms with E-state index in [-0.39, 0.29) is 31.1 Å². The summed E-state index contributed by atoms with van der Waals surface area (Å²) in [5.41, 5.74) is 0. The van der Waals surface area contributed by atoms with E-state index < -0.39 is 6.10 Å². The Kier molecular flexibility index (Phi) is 44.4. The average molecular weight is 801 g/mol. The molecule has 0 aromatic carbocycles. The number of carbonyl (C=O) groups excluding carboxylic acids is 3. The molecule has 0 N–H and O–H groups in total. The quantitative estimate of drug-likeness (QED) is 0.0264. The molecule has 0 aromatic heterocycles. The lowest BCUT2D eigenvalue weighted by atomic mass is 10.1. The van der Waals surface area contributed by atoms with E-state index in [9.17, 15) is 14.4 Å². The molecule has 6 heteroatoms. The summed E-state index contributed by atoms with van der Waals surface area (Å²) >= 11 is 0. The van der Waals surface area contributed by atoms with E-state index in [1.54, 1.807) is 0 Å². The number of rotatable bonds is 44. The van der Waals surface area contributed by atoms with Gasteiger partial charge < -0.3 is 14.2 Å². The van der Waals surface area contributed by atoms with Crippen molar-refractivity contribution in [2.75, 3.05) is 13.2 Å². The maximum atomic E-state index is 12.7. The largest absolute Gasteiger partial charge is 0.462 e. The van der Waals surface area contributed by atoms with Gasteiger partial charge in [-0.2, -0.15) is 0 Å². The normalized spacial score (nSPS) is 12.3. The van der Waals surface area contributed by atoms with Gasteiger partial charge in [0.1, 0.15) is 13.2 Å². The molecule has 0 saturated heterocycles. The maximum absolute atomic E-state index is 12.7. The lowest BCUT2D eigenvalue weighted by Gasteiger charge is -2.18. The fourth-order valence-corrected chi connectivity index (χ4v) is 6.89. The Morgan fingerprint density at radius 3 is 1.05 bits per heavy atom. The molecule has 1 unspecified atom stereocenters. The molecule has 57 heavy (non-hydrogen) atoms. The average Bonchev–Trinajstić information content (AvgIpc) is 3.21. The van der Waals surface area contributed by atoms with Gasteiger partial charge in [0, 0.05) is 19.3 Å². The molecule has 0 aliphatic heterocycles. The first kappa shape index (κ1) is 54.6. The minimum atomic E-state index is -0.774. The van der Waals surface area contributed by atoms with Crippen LogP contribution in [0.2, 0.25) is 0 Å². The standard InChI is InChI=1S/C51H92O6/c1-4-7-10-13-16-18-20-22-23-24-25-26-27-29-30-32-35-38-41-44-50(53)56-47-48(46-55-49(52)43-40-37-34-15-12-9-6-3)57-51(54)45-42-39-36-33-31-28-21-19-17-14-11-8-5-2/h11,14,19,21-23,48H,4-10,12-13,15-18,20,24-47H2,1-3H3/b14-11-,21-19-,23-22-. The third-order valence-corrected chi connectivity index (χ3v) is 10.6. The maximum Gasteiger partial charge on any atom is 0.306 e. The molecule has 0 aromatic rings. The molecule has 0 heterocycles. The predicted octanol–water partition coefficient (Wildman–Crippen LogP) is 15.8. The van der Waals surface area contributed by atoms with Crippen LogP contribution in [-0.4, -0.2) is 37.2 Å². The number of hydrogen-bond acceptors (Lipinski definition) is 6. The van der Waals surface area contributed by atoms with E-state index in [2.05, 4.69) is 57.2 Å². The summed E-state index contributed by atoms with van der Waals surface area (Å²) in [6.07, 6.45) is 52.8. The number of ether oxygens (including phenoxy) is 3. The summed E-state index contributed by atoms with van der Waals surface area (Å²) in [6.45, 7) is 6.52. The molecule has 0 radical (unpaired) electrons. The summed E-state index contributed by atoms with van der Waals surface area (Å²) in [7, 11) is 0. The summed E-state index contributed by atoms with van der Waals surface area (Å²) in [4.78, 5) is 37.7. The van der Waals surface area contributed by atoms with Gasteiger partial charge in [-0.1, -0.05) is 198 Å². The van der Waals surface area contributed by atoms with Crippen LogP contribution in [0.3, 0.4) is 0 Å². The summed E-state index contributed by atoms with van der Waals surface area (Å²) < 4.78 is 16.7. The summed E-state index contributed by atoms with van der Waals surface area (Å²) in [5, 5.41) is 0. The second-order valence-electron chi connectivity index (χ2n) is 16.4. The van der Waals surface area contributed by atoms with Gasteiger partial charge in [0.05, 0.1) is 0 Å². The fourth-order valence-electron chi connectivity index (χ4n) is 6.89. The Hall–Kier alpha value is -2.37. The second kappa shape index (κ2) is 46.3. The molecule has 332 valence electrons. The van der Waals surface area contributed by atoms with Gasteiger partial charge in [0.25, 0.3) is 0 Å². The van der Waals surface area contributed by atoms with Crippen LogP contribution in [0.15, 0.2) is 36.5 Å². The minimum absolute atomic E-state index is 0.0772. The van der Waals surface area contributed by atoms with Gasteiger partial charge >= 0.3 is 17.9 Å². The first-order chi connectivity index (χ1) is 28.0. The van der Waals surface area contributed by atoms with Gasteiger partial charge in [-0.3, -0.25) is 14.4 Å². The SMILES string of the molecule is CCC/C=C\C/C=C\CCCCCCCC(=O)OC(COC(=O)CCCCCCCCC)COC(=O)CCCCCCCCCCC/C=C\CCCCCCCC. The Morgan fingerprint density at radius 2 is 0.667 bits per heavy atom. The van der Waals surface area contributed by atoms with Gasteiger partial charge in [-0.25, -0.2) is 0 Å². The van der Waals surface area contributed by atoms with Gasteiger partial charge in [-0.15, -0.1) is 0 Å². The number of hydrogen-bond donors (Lipinski definition) is 0. The van der Waals surface area contributed by atoms with Crippen molar-refractivity contribution in [1.29, 1.82) is 0 Å². The number of esters is 3. The van der Waals surface area contributed by atoms with Crippen LogP contribution in [0, 0.1) is 0 Å². The van der Waals surface area contributed by atoms with Crippen LogP contribution in [0.1, 0.15) is 252 Å². The zero-order valence-corrected chi connectivity index (χ0v) is 37.9. The van der Waals surface area contributed by atoms with Crippen molar-refractivity contribution in [3.05, 3.63) is 36.5 Å². The van der Waals surface area contributed by atoms with Crippen molar-refractivity contribution >= 4 is 17.9 Å². The van der Waals surface area contributed by atoms with E-state index in [1.807, 2.05) is 0 Å². The smallest absolute Gasteiger partial charge is 0.306 e. The summed E-state index contributed by atoms with van der Waals surface area (Å²) in [6, 6.07) is 0. The van der Waals surface area contributed by atoms with Crippen LogP contribution >= 0.6 is 0 Å². The lowest BCUT2D eigenvalue weighted by molar-refractivity contribution is -0.167. The van der Waals surface area contributed by atoms with Crippen molar-refractivity contribution in [3.8, 4) is 0 Å². The molecule has 1 atom stereocenters. The van der Waals surface area contributed by atoms with Crippen molar-refractivity contribution in [2.45, 2.75) is 258 Å². The Morgan fingerprint density at radius 1 is 0.351 bits per heavy atom. The number of allylic oxidation sites excluding steroid dienone is 6. The highest BCUT2D eigenvalue weighted by Gasteiger charge is 2.19. The van der Waals surface area contributed by atoms with Crippen LogP contribution in [0.5, 0.6) is 0 Å². The minimum Gasteiger partial charge on any atom is -0.462 e. The van der Waals surface area contributed by atoms with Gasteiger partial charge in [0.2, 0.25) is 0 Å². The molecule has 0 fully saturated rings. The van der Waals surface area contributed by atoms with Crippen LogP contribution < -0.4 is 0 Å².